The number of hydrogen-bond acceptors (Lipinski definition) is 2. The van der Waals surface area contributed by atoms with Gasteiger partial charge < -0.3 is 5.32 Å². The molecule has 0 fully saturated rings. The van der Waals surface area contributed by atoms with Gasteiger partial charge in [0.25, 0.3) is 0 Å². The highest BCUT2D eigenvalue weighted by Crippen LogP contribution is 2.39. The van der Waals surface area contributed by atoms with E-state index >= 15 is 0 Å². The van der Waals surface area contributed by atoms with Gasteiger partial charge in [-0.05, 0) is 29.8 Å². The van der Waals surface area contributed by atoms with Crippen LogP contribution in [0.15, 0.2) is 47.4 Å². The predicted molar refractivity (Wildman–Crippen MR) is 74.8 cm³/mol. The molecule has 98 valence electrons. The van der Waals surface area contributed by atoms with E-state index in [0.29, 0.717) is 11.6 Å². The first kappa shape index (κ1) is 12.5. The van der Waals surface area contributed by atoms with Crippen molar-refractivity contribution < 1.29 is 8.78 Å². The zero-order valence-electron chi connectivity index (χ0n) is 10.2. The molecule has 19 heavy (non-hydrogen) atoms. The Morgan fingerprint density at radius 1 is 1.11 bits per heavy atom. The molecule has 2 aromatic carbocycles. The number of hydrogen-bond donors (Lipinski definition) is 1. The largest absolute Gasteiger partial charge is 0.384 e. The van der Waals surface area contributed by atoms with Crippen molar-refractivity contribution in [2.45, 2.75) is 10.8 Å². The van der Waals surface area contributed by atoms with Gasteiger partial charge in [-0.1, -0.05) is 18.2 Å². The molecule has 1 aliphatic heterocycles. The van der Waals surface area contributed by atoms with Crippen molar-refractivity contribution in [2.24, 2.45) is 0 Å². The standard InChI is InChI=1S/C15H13F2NS/c16-13-6-5-11(7-14(13)17)18-8-10-9-19-15-4-2-1-3-12(10)15/h1-7,10,18H,8-9H2. The first-order chi connectivity index (χ1) is 9.24. The highest BCUT2D eigenvalue weighted by atomic mass is 32.2. The van der Waals surface area contributed by atoms with Crippen LogP contribution in [0.5, 0.6) is 0 Å². The number of fused-ring (bicyclic) bond motifs is 1. The Hall–Kier alpha value is -1.55. The summed E-state index contributed by atoms with van der Waals surface area (Å²) in [6, 6.07) is 12.2. The van der Waals surface area contributed by atoms with E-state index in [1.807, 2.05) is 23.9 Å². The zero-order chi connectivity index (χ0) is 13.2. The molecule has 1 atom stereocenters. The molecule has 2 aromatic rings. The molecule has 0 amide bonds. The van der Waals surface area contributed by atoms with Crippen LogP contribution in [0.4, 0.5) is 14.5 Å². The summed E-state index contributed by atoms with van der Waals surface area (Å²) in [5.74, 6) is -0.191. The topological polar surface area (TPSA) is 12.0 Å². The van der Waals surface area contributed by atoms with Gasteiger partial charge in [-0.3, -0.25) is 0 Å². The molecule has 1 N–H and O–H groups in total. The van der Waals surface area contributed by atoms with Gasteiger partial charge in [-0.25, -0.2) is 8.78 Å². The average molecular weight is 277 g/mol. The van der Waals surface area contributed by atoms with Crippen molar-refractivity contribution in [3.8, 4) is 0 Å². The molecule has 4 heteroatoms. The molecule has 1 nitrogen and oxygen atoms in total. The van der Waals surface area contributed by atoms with E-state index < -0.39 is 11.6 Å². The first-order valence-corrected chi connectivity index (χ1v) is 7.13. The molecule has 0 saturated carbocycles. The third kappa shape index (κ3) is 2.59. The number of anilines is 1. The SMILES string of the molecule is Fc1ccc(NCC2CSc3ccccc32)cc1F. The number of benzene rings is 2. The van der Waals surface area contributed by atoms with Crippen LogP contribution < -0.4 is 5.32 Å². The highest BCUT2D eigenvalue weighted by molar-refractivity contribution is 7.99. The fourth-order valence-electron chi connectivity index (χ4n) is 2.25. The number of rotatable bonds is 3. The van der Waals surface area contributed by atoms with Crippen LogP contribution in [0, 0.1) is 11.6 Å². The molecular formula is C15H13F2NS. The fraction of sp³-hybridized carbons (Fsp3) is 0.200. The van der Waals surface area contributed by atoms with Gasteiger partial charge in [-0.2, -0.15) is 0 Å². The molecule has 1 aliphatic rings. The Morgan fingerprint density at radius 2 is 1.95 bits per heavy atom. The summed E-state index contributed by atoms with van der Waals surface area (Å²) in [7, 11) is 0. The van der Waals surface area contributed by atoms with Crippen molar-refractivity contribution in [1.82, 2.24) is 0 Å². The molecule has 0 aliphatic carbocycles. The van der Waals surface area contributed by atoms with E-state index in [2.05, 4.69) is 17.4 Å². The summed E-state index contributed by atoms with van der Waals surface area (Å²) < 4.78 is 25.9. The van der Waals surface area contributed by atoms with Gasteiger partial charge >= 0.3 is 0 Å². The second-order valence-electron chi connectivity index (χ2n) is 4.56. The van der Waals surface area contributed by atoms with E-state index in [-0.39, 0.29) is 0 Å². The zero-order valence-corrected chi connectivity index (χ0v) is 11.0. The van der Waals surface area contributed by atoms with Gasteiger partial charge in [-0.15, -0.1) is 11.8 Å². The maximum Gasteiger partial charge on any atom is 0.160 e. The van der Waals surface area contributed by atoms with E-state index in [0.717, 1.165) is 18.4 Å². The molecule has 1 unspecified atom stereocenters. The molecule has 0 radical (unpaired) electrons. The Balaban J connectivity index is 1.69. The van der Waals surface area contributed by atoms with Crippen LogP contribution in [0.25, 0.3) is 0 Å². The Kier molecular flexibility index (Phi) is 3.42. The molecule has 0 saturated heterocycles. The van der Waals surface area contributed by atoms with E-state index in [1.165, 1.54) is 16.5 Å². The van der Waals surface area contributed by atoms with Crippen molar-refractivity contribution in [3.05, 3.63) is 59.7 Å². The lowest BCUT2D eigenvalue weighted by atomic mass is 10.0. The van der Waals surface area contributed by atoms with Gasteiger partial charge in [0.15, 0.2) is 11.6 Å². The highest BCUT2D eigenvalue weighted by Gasteiger charge is 2.22. The van der Waals surface area contributed by atoms with Gasteiger partial charge in [0.1, 0.15) is 0 Å². The Morgan fingerprint density at radius 3 is 2.79 bits per heavy atom. The normalized spacial score (nSPS) is 17.3. The summed E-state index contributed by atoms with van der Waals surface area (Å²) >= 11 is 1.84. The van der Waals surface area contributed by atoms with E-state index in [1.54, 1.807) is 6.07 Å². The molecular weight excluding hydrogens is 264 g/mol. The van der Waals surface area contributed by atoms with Crippen LogP contribution in [-0.2, 0) is 0 Å². The summed E-state index contributed by atoms with van der Waals surface area (Å²) in [4.78, 5) is 1.32. The maximum absolute atomic E-state index is 13.1. The van der Waals surface area contributed by atoms with Crippen LogP contribution >= 0.6 is 11.8 Å². The predicted octanol–water partition coefficient (Wildman–Crippen LogP) is 4.27. The average Bonchev–Trinajstić information content (AvgIpc) is 2.83. The molecule has 0 aromatic heterocycles. The monoisotopic (exact) mass is 277 g/mol. The number of thioether (sulfide) groups is 1. The summed E-state index contributed by atoms with van der Waals surface area (Å²) in [6.45, 7) is 0.731. The summed E-state index contributed by atoms with van der Waals surface area (Å²) in [5.41, 5.74) is 1.95. The minimum Gasteiger partial charge on any atom is -0.384 e. The Bertz CT molecular complexity index is 600. The number of halogens is 2. The van der Waals surface area contributed by atoms with Crippen molar-refractivity contribution in [2.75, 3.05) is 17.6 Å². The first-order valence-electron chi connectivity index (χ1n) is 6.14. The van der Waals surface area contributed by atoms with Crippen LogP contribution in [0.1, 0.15) is 11.5 Å². The molecule has 1 heterocycles. The van der Waals surface area contributed by atoms with Crippen molar-refractivity contribution in [3.63, 3.8) is 0 Å². The second kappa shape index (κ2) is 5.21. The molecule has 0 bridgehead atoms. The number of nitrogens with one attached hydrogen (secondary N) is 1. The maximum atomic E-state index is 13.1. The van der Waals surface area contributed by atoms with E-state index in [9.17, 15) is 8.78 Å². The minimum atomic E-state index is -0.814. The van der Waals surface area contributed by atoms with Gasteiger partial charge in [0.05, 0.1) is 0 Å². The van der Waals surface area contributed by atoms with Gasteiger partial charge in [0, 0.05) is 28.8 Å². The third-order valence-corrected chi connectivity index (χ3v) is 4.52. The third-order valence-electron chi connectivity index (χ3n) is 3.27. The fourth-order valence-corrected chi connectivity index (χ4v) is 3.50. The van der Waals surface area contributed by atoms with Gasteiger partial charge in [0.2, 0.25) is 0 Å². The smallest absolute Gasteiger partial charge is 0.160 e. The summed E-state index contributed by atoms with van der Waals surface area (Å²) in [5, 5.41) is 3.18. The molecule has 0 spiro atoms. The lowest BCUT2D eigenvalue weighted by molar-refractivity contribution is 0.509. The van der Waals surface area contributed by atoms with Crippen molar-refractivity contribution in [1.29, 1.82) is 0 Å². The van der Waals surface area contributed by atoms with Crippen LogP contribution in [0.3, 0.4) is 0 Å². The van der Waals surface area contributed by atoms with Crippen LogP contribution in [0.2, 0.25) is 0 Å². The molecule has 3 rings (SSSR count). The minimum absolute atomic E-state index is 0.411. The van der Waals surface area contributed by atoms with E-state index in [4.69, 9.17) is 0 Å². The van der Waals surface area contributed by atoms with Crippen molar-refractivity contribution >= 4 is 17.4 Å². The van der Waals surface area contributed by atoms with Crippen LogP contribution in [-0.4, -0.2) is 12.3 Å². The lowest BCUT2D eigenvalue weighted by Gasteiger charge is -2.13. The Labute approximate surface area is 115 Å². The lowest BCUT2D eigenvalue weighted by Crippen LogP contribution is -2.12. The second-order valence-corrected chi connectivity index (χ2v) is 5.62. The quantitative estimate of drug-likeness (QED) is 0.899. The summed E-state index contributed by atoms with van der Waals surface area (Å²) in [6.07, 6.45) is 0.